The number of nitrogens with zero attached hydrogens (tertiary/aromatic N) is 2. The molecule has 0 spiro atoms. The van der Waals surface area contributed by atoms with E-state index < -0.39 is 18.1 Å². The maximum Gasteiger partial charge on any atom is 0.471 e. The maximum absolute atomic E-state index is 12.6. The topological polar surface area (TPSA) is 83.7 Å². The highest BCUT2D eigenvalue weighted by Gasteiger charge is 2.39. The third-order valence-electron chi connectivity index (χ3n) is 3.42. The van der Waals surface area contributed by atoms with Gasteiger partial charge in [-0.15, -0.1) is 0 Å². The van der Waals surface area contributed by atoms with Crippen molar-refractivity contribution in [2.24, 2.45) is 0 Å². The Labute approximate surface area is 138 Å². The summed E-state index contributed by atoms with van der Waals surface area (Å²) in [5.74, 6) is -3.41. The zero-order valence-electron chi connectivity index (χ0n) is 12.4. The Hall–Kier alpha value is -3.36. The monoisotopic (exact) mass is 349 g/mol. The van der Waals surface area contributed by atoms with Crippen molar-refractivity contribution in [3.63, 3.8) is 0 Å². The molecule has 0 bridgehead atoms. The lowest BCUT2D eigenvalue weighted by molar-refractivity contribution is -0.167. The number of aromatic carboxylic acids is 1. The molecule has 128 valence electrons. The fraction of sp³-hybridized carbons (Fsp3) is 0.0625. The summed E-state index contributed by atoms with van der Waals surface area (Å²) >= 11 is 0. The molecule has 0 fully saturated rings. The Bertz CT molecular complexity index is 962. The molecule has 1 amide bonds. The highest BCUT2D eigenvalue weighted by atomic mass is 19.4. The minimum atomic E-state index is -5.05. The van der Waals surface area contributed by atoms with Crippen LogP contribution >= 0.6 is 0 Å². The van der Waals surface area contributed by atoms with E-state index in [9.17, 15) is 22.8 Å². The van der Waals surface area contributed by atoms with Crippen LogP contribution in [0.3, 0.4) is 0 Å². The molecule has 0 saturated heterocycles. The second-order valence-electron chi connectivity index (χ2n) is 5.07. The van der Waals surface area contributed by atoms with Gasteiger partial charge in [0.2, 0.25) is 0 Å². The fourth-order valence-electron chi connectivity index (χ4n) is 2.27. The van der Waals surface area contributed by atoms with Gasteiger partial charge in [-0.1, -0.05) is 18.2 Å². The van der Waals surface area contributed by atoms with E-state index in [1.165, 1.54) is 34.9 Å². The molecule has 9 heteroatoms. The lowest BCUT2D eigenvalue weighted by Crippen LogP contribution is -2.30. The average molecular weight is 349 g/mol. The van der Waals surface area contributed by atoms with E-state index in [-0.39, 0.29) is 17.1 Å². The normalized spacial score (nSPS) is 11.5. The number of carbonyl (C=O) groups excluding carboxylic acids is 1. The Morgan fingerprint density at radius 2 is 1.76 bits per heavy atom. The molecule has 2 aromatic heterocycles. The minimum absolute atomic E-state index is 0.0217. The molecule has 3 aromatic rings. The molecule has 0 aliphatic rings. The predicted molar refractivity (Wildman–Crippen MR) is 82.3 cm³/mol. The first kappa shape index (κ1) is 16.5. The average Bonchev–Trinajstić information content (AvgIpc) is 2.93. The number of benzene rings is 1. The standard InChI is InChI=1S/C16H10F3N3O3/c17-16(18,19)15(25)21-13-12(20-11-3-1-2-8-22(11)13)9-4-6-10(7-5-9)14(23)24/h1-8H,(H,21,25)(H,23,24). The first-order valence-corrected chi connectivity index (χ1v) is 6.96. The third-order valence-corrected chi connectivity index (χ3v) is 3.42. The molecule has 0 unspecified atom stereocenters. The molecular formula is C16H10F3N3O3. The number of pyridine rings is 1. The summed E-state index contributed by atoms with van der Waals surface area (Å²) in [4.78, 5) is 26.5. The van der Waals surface area contributed by atoms with Gasteiger partial charge in [0.25, 0.3) is 0 Å². The Morgan fingerprint density at radius 3 is 2.36 bits per heavy atom. The van der Waals surface area contributed by atoms with Gasteiger partial charge in [0.1, 0.15) is 17.2 Å². The van der Waals surface area contributed by atoms with Gasteiger partial charge in [-0.05, 0) is 24.3 Å². The van der Waals surface area contributed by atoms with Crippen molar-refractivity contribution in [1.29, 1.82) is 0 Å². The molecule has 3 rings (SSSR count). The van der Waals surface area contributed by atoms with Crippen molar-refractivity contribution in [1.82, 2.24) is 9.38 Å². The number of carboxylic acids is 1. The van der Waals surface area contributed by atoms with E-state index in [2.05, 4.69) is 4.98 Å². The van der Waals surface area contributed by atoms with Gasteiger partial charge in [0, 0.05) is 11.8 Å². The van der Waals surface area contributed by atoms with Crippen molar-refractivity contribution < 1.29 is 27.9 Å². The Kier molecular flexibility index (Phi) is 3.91. The summed E-state index contributed by atoms with van der Waals surface area (Å²) in [5.41, 5.74) is 0.817. The summed E-state index contributed by atoms with van der Waals surface area (Å²) < 4.78 is 39.1. The number of hydrogen-bond donors (Lipinski definition) is 2. The highest BCUT2D eigenvalue weighted by Crippen LogP contribution is 2.30. The third kappa shape index (κ3) is 3.16. The Balaban J connectivity index is 2.12. The second-order valence-corrected chi connectivity index (χ2v) is 5.07. The number of carboxylic acid groups (broad SMARTS) is 1. The van der Waals surface area contributed by atoms with Gasteiger partial charge in [-0.3, -0.25) is 9.20 Å². The van der Waals surface area contributed by atoms with Crippen LogP contribution in [0.15, 0.2) is 48.7 Å². The van der Waals surface area contributed by atoms with Crippen molar-refractivity contribution in [3.8, 4) is 11.3 Å². The van der Waals surface area contributed by atoms with E-state index >= 15 is 0 Å². The van der Waals surface area contributed by atoms with Crippen LogP contribution in [-0.2, 0) is 4.79 Å². The van der Waals surface area contributed by atoms with Crippen molar-refractivity contribution >= 4 is 23.3 Å². The molecule has 1 aromatic carbocycles. The zero-order chi connectivity index (χ0) is 18.2. The van der Waals surface area contributed by atoms with E-state index in [1.807, 2.05) is 5.32 Å². The predicted octanol–water partition coefficient (Wildman–Crippen LogP) is 3.20. The fourth-order valence-corrected chi connectivity index (χ4v) is 2.27. The lowest BCUT2D eigenvalue weighted by atomic mass is 10.1. The second kappa shape index (κ2) is 5.93. The maximum atomic E-state index is 12.6. The molecule has 0 aliphatic heterocycles. The van der Waals surface area contributed by atoms with Crippen LogP contribution in [0.25, 0.3) is 16.9 Å². The van der Waals surface area contributed by atoms with Gasteiger partial charge in [-0.2, -0.15) is 13.2 Å². The smallest absolute Gasteiger partial charge is 0.471 e. The molecule has 0 saturated carbocycles. The van der Waals surface area contributed by atoms with Gasteiger partial charge in [-0.25, -0.2) is 9.78 Å². The van der Waals surface area contributed by atoms with E-state index in [0.717, 1.165) is 0 Å². The quantitative estimate of drug-likeness (QED) is 0.761. The van der Waals surface area contributed by atoms with Gasteiger partial charge in [0.15, 0.2) is 0 Å². The largest absolute Gasteiger partial charge is 0.478 e. The number of halogens is 3. The highest BCUT2D eigenvalue weighted by molar-refractivity contribution is 5.98. The molecule has 0 radical (unpaired) electrons. The van der Waals surface area contributed by atoms with Crippen LogP contribution < -0.4 is 5.32 Å². The van der Waals surface area contributed by atoms with Gasteiger partial charge >= 0.3 is 18.1 Å². The van der Waals surface area contributed by atoms with Gasteiger partial charge in [0.05, 0.1) is 5.56 Å². The van der Waals surface area contributed by atoms with Crippen LogP contribution in [0, 0.1) is 0 Å². The number of carbonyl (C=O) groups is 2. The van der Waals surface area contributed by atoms with Crippen molar-refractivity contribution in [2.45, 2.75) is 6.18 Å². The number of anilines is 1. The Morgan fingerprint density at radius 1 is 1.08 bits per heavy atom. The SMILES string of the molecule is O=C(O)c1ccc(-c2nc3ccccn3c2NC(=O)C(F)(F)F)cc1. The van der Waals surface area contributed by atoms with Crippen LogP contribution in [0.4, 0.5) is 19.0 Å². The molecule has 0 atom stereocenters. The van der Waals surface area contributed by atoms with E-state index in [1.54, 1.807) is 18.2 Å². The molecule has 2 heterocycles. The number of rotatable bonds is 3. The lowest BCUT2D eigenvalue weighted by Gasteiger charge is -2.09. The van der Waals surface area contributed by atoms with E-state index in [4.69, 9.17) is 5.11 Å². The first-order valence-electron chi connectivity index (χ1n) is 6.96. The molecular weight excluding hydrogens is 339 g/mol. The number of fused-ring (bicyclic) bond motifs is 1. The molecule has 2 N–H and O–H groups in total. The summed E-state index contributed by atoms with van der Waals surface area (Å²) in [6.45, 7) is 0. The number of hydrogen-bond acceptors (Lipinski definition) is 3. The summed E-state index contributed by atoms with van der Waals surface area (Å²) in [6.07, 6.45) is -3.59. The van der Waals surface area contributed by atoms with Crippen LogP contribution in [0.2, 0.25) is 0 Å². The van der Waals surface area contributed by atoms with E-state index in [0.29, 0.717) is 11.2 Å². The zero-order valence-corrected chi connectivity index (χ0v) is 12.4. The van der Waals surface area contributed by atoms with Crippen molar-refractivity contribution in [3.05, 3.63) is 54.2 Å². The van der Waals surface area contributed by atoms with Crippen LogP contribution in [0.5, 0.6) is 0 Å². The molecule has 6 nitrogen and oxygen atoms in total. The van der Waals surface area contributed by atoms with Crippen LogP contribution in [0.1, 0.15) is 10.4 Å². The van der Waals surface area contributed by atoms with Crippen molar-refractivity contribution in [2.75, 3.05) is 5.32 Å². The summed E-state index contributed by atoms with van der Waals surface area (Å²) in [5, 5.41) is 10.8. The number of alkyl halides is 3. The minimum Gasteiger partial charge on any atom is -0.478 e. The number of aromatic nitrogens is 2. The summed E-state index contributed by atoms with van der Waals surface area (Å²) in [6, 6.07) is 10.2. The molecule has 25 heavy (non-hydrogen) atoms. The molecule has 0 aliphatic carbocycles. The van der Waals surface area contributed by atoms with Crippen LogP contribution in [-0.4, -0.2) is 32.5 Å². The summed E-state index contributed by atoms with van der Waals surface area (Å²) in [7, 11) is 0. The van der Waals surface area contributed by atoms with Gasteiger partial charge < -0.3 is 10.4 Å². The number of amides is 1. The number of nitrogens with one attached hydrogen (secondary N) is 1. The first-order chi connectivity index (χ1) is 11.8. The number of imidazole rings is 1.